The van der Waals surface area contributed by atoms with Gasteiger partial charge in [0.1, 0.15) is 0 Å². The maximum Gasteiger partial charge on any atom is 0.161 e. The number of nitrogens with two attached hydrogens (primary N) is 1. The minimum atomic E-state index is 0.448. The van der Waals surface area contributed by atoms with E-state index < -0.39 is 0 Å². The third-order valence-electron chi connectivity index (χ3n) is 2.64. The van der Waals surface area contributed by atoms with E-state index in [1.807, 2.05) is 24.3 Å². The molecular weight excluding hydrogens is 360 g/mol. The molecule has 0 aliphatic carbocycles. The SMILES string of the molecule is Nc1nn(-c2nccc3c(Br)cccc23)cc1Br. The Morgan fingerprint density at radius 3 is 2.61 bits per heavy atom. The van der Waals surface area contributed by atoms with Crippen LogP contribution in [-0.2, 0) is 0 Å². The molecule has 2 heterocycles. The van der Waals surface area contributed by atoms with Crippen LogP contribution in [0.4, 0.5) is 5.82 Å². The average molecular weight is 368 g/mol. The van der Waals surface area contributed by atoms with Gasteiger partial charge >= 0.3 is 0 Å². The van der Waals surface area contributed by atoms with Crippen molar-refractivity contribution < 1.29 is 0 Å². The second-order valence-corrected chi connectivity index (χ2v) is 5.49. The Balaban J connectivity index is 2.32. The van der Waals surface area contributed by atoms with Crippen LogP contribution in [0.3, 0.4) is 0 Å². The Hall–Kier alpha value is -1.40. The molecule has 0 amide bonds. The van der Waals surface area contributed by atoms with Gasteiger partial charge in [-0.3, -0.25) is 0 Å². The summed E-state index contributed by atoms with van der Waals surface area (Å²) in [5.41, 5.74) is 5.74. The summed E-state index contributed by atoms with van der Waals surface area (Å²) in [6, 6.07) is 7.94. The second-order valence-electron chi connectivity index (χ2n) is 3.78. The molecule has 0 radical (unpaired) electrons. The van der Waals surface area contributed by atoms with Crippen molar-refractivity contribution >= 4 is 48.5 Å². The first-order valence-electron chi connectivity index (χ1n) is 5.21. The predicted molar refractivity (Wildman–Crippen MR) is 78.7 cm³/mol. The third kappa shape index (κ3) is 1.81. The first-order chi connectivity index (χ1) is 8.66. The van der Waals surface area contributed by atoms with Gasteiger partial charge in [-0.05, 0) is 28.1 Å². The summed E-state index contributed by atoms with van der Waals surface area (Å²) < 4.78 is 3.47. The fraction of sp³-hybridized carbons (Fsp3) is 0. The van der Waals surface area contributed by atoms with E-state index in [1.165, 1.54) is 0 Å². The van der Waals surface area contributed by atoms with Crippen LogP contribution in [0.1, 0.15) is 0 Å². The smallest absolute Gasteiger partial charge is 0.161 e. The molecule has 4 nitrogen and oxygen atoms in total. The lowest BCUT2D eigenvalue weighted by atomic mass is 10.1. The lowest BCUT2D eigenvalue weighted by molar-refractivity contribution is 0.860. The predicted octanol–water partition coefficient (Wildman–Crippen LogP) is 3.53. The highest BCUT2D eigenvalue weighted by atomic mass is 79.9. The normalized spacial score (nSPS) is 11.0. The summed E-state index contributed by atoms with van der Waals surface area (Å²) in [6.45, 7) is 0. The molecule has 90 valence electrons. The van der Waals surface area contributed by atoms with Crippen LogP contribution in [0.2, 0.25) is 0 Å². The van der Waals surface area contributed by atoms with Crippen LogP contribution >= 0.6 is 31.9 Å². The van der Waals surface area contributed by atoms with E-state index in [2.05, 4.69) is 41.9 Å². The summed E-state index contributed by atoms with van der Waals surface area (Å²) >= 11 is 6.88. The van der Waals surface area contributed by atoms with Gasteiger partial charge in [0.2, 0.25) is 0 Å². The minimum absolute atomic E-state index is 0.448. The molecule has 0 saturated carbocycles. The Morgan fingerprint density at radius 2 is 1.89 bits per heavy atom. The van der Waals surface area contributed by atoms with Gasteiger partial charge in [-0.15, -0.1) is 5.10 Å². The molecule has 0 aliphatic heterocycles. The van der Waals surface area contributed by atoms with Crippen LogP contribution in [0.15, 0.2) is 45.6 Å². The van der Waals surface area contributed by atoms with E-state index in [0.29, 0.717) is 5.82 Å². The van der Waals surface area contributed by atoms with E-state index in [0.717, 1.165) is 25.5 Å². The van der Waals surface area contributed by atoms with Gasteiger partial charge in [0.25, 0.3) is 0 Å². The topological polar surface area (TPSA) is 56.7 Å². The molecule has 18 heavy (non-hydrogen) atoms. The lowest BCUT2D eigenvalue weighted by Crippen LogP contribution is -2.00. The maximum absolute atomic E-state index is 5.74. The van der Waals surface area contributed by atoms with Crippen molar-refractivity contribution in [2.45, 2.75) is 0 Å². The van der Waals surface area contributed by atoms with E-state index in [9.17, 15) is 0 Å². The summed E-state index contributed by atoms with van der Waals surface area (Å²) in [7, 11) is 0. The number of anilines is 1. The maximum atomic E-state index is 5.74. The van der Waals surface area contributed by atoms with Crippen molar-refractivity contribution in [3.05, 3.63) is 45.6 Å². The fourth-order valence-electron chi connectivity index (χ4n) is 1.81. The third-order valence-corrected chi connectivity index (χ3v) is 3.95. The van der Waals surface area contributed by atoms with Crippen molar-refractivity contribution in [2.24, 2.45) is 0 Å². The molecule has 0 unspecified atom stereocenters. The molecule has 3 aromatic rings. The monoisotopic (exact) mass is 366 g/mol. The molecular formula is C12H8Br2N4. The molecule has 2 aromatic heterocycles. The fourth-order valence-corrected chi connectivity index (χ4v) is 2.58. The summed E-state index contributed by atoms with van der Waals surface area (Å²) in [5.74, 6) is 1.20. The van der Waals surface area contributed by atoms with Crippen molar-refractivity contribution in [3.8, 4) is 5.82 Å². The number of nitrogens with zero attached hydrogens (tertiary/aromatic N) is 3. The molecule has 0 saturated heterocycles. The number of hydrogen-bond donors (Lipinski definition) is 1. The largest absolute Gasteiger partial charge is 0.381 e. The Morgan fingerprint density at radius 1 is 1.06 bits per heavy atom. The Kier molecular flexibility index (Phi) is 2.83. The van der Waals surface area contributed by atoms with E-state index in [-0.39, 0.29) is 0 Å². The molecule has 0 bridgehead atoms. The van der Waals surface area contributed by atoms with Crippen LogP contribution in [-0.4, -0.2) is 14.8 Å². The zero-order chi connectivity index (χ0) is 12.7. The van der Waals surface area contributed by atoms with Gasteiger partial charge in [-0.25, -0.2) is 9.67 Å². The highest BCUT2D eigenvalue weighted by Gasteiger charge is 2.09. The molecule has 0 spiro atoms. The number of hydrogen-bond acceptors (Lipinski definition) is 3. The Bertz CT molecular complexity index is 717. The van der Waals surface area contributed by atoms with Crippen LogP contribution in [0, 0.1) is 0 Å². The van der Waals surface area contributed by atoms with E-state index >= 15 is 0 Å². The van der Waals surface area contributed by atoms with E-state index in [4.69, 9.17) is 5.73 Å². The number of pyridine rings is 1. The van der Waals surface area contributed by atoms with Gasteiger partial charge in [0, 0.05) is 27.6 Å². The van der Waals surface area contributed by atoms with Crippen molar-refractivity contribution in [1.82, 2.24) is 14.8 Å². The number of benzene rings is 1. The molecule has 6 heteroatoms. The van der Waals surface area contributed by atoms with Crippen molar-refractivity contribution in [2.75, 3.05) is 5.73 Å². The number of rotatable bonds is 1. The molecule has 0 fully saturated rings. The van der Waals surface area contributed by atoms with Gasteiger partial charge in [0.15, 0.2) is 11.6 Å². The van der Waals surface area contributed by atoms with Gasteiger partial charge in [-0.1, -0.05) is 28.1 Å². The second kappa shape index (κ2) is 4.37. The first kappa shape index (κ1) is 11.7. The van der Waals surface area contributed by atoms with Gasteiger partial charge < -0.3 is 5.73 Å². The molecule has 2 N–H and O–H groups in total. The minimum Gasteiger partial charge on any atom is -0.381 e. The van der Waals surface area contributed by atoms with Crippen molar-refractivity contribution in [3.63, 3.8) is 0 Å². The number of nitrogen functional groups attached to an aromatic ring is 1. The van der Waals surface area contributed by atoms with Gasteiger partial charge in [-0.2, -0.15) is 0 Å². The van der Waals surface area contributed by atoms with E-state index in [1.54, 1.807) is 17.1 Å². The van der Waals surface area contributed by atoms with Crippen LogP contribution in [0.5, 0.6) is 0 Å². The zero-order valence-electron chi connectivity index (χ0n) is 9.14. The summed E-state index contributed by atoms with van der Waals surface area (Å²) in [5, 5.41) is 6.34. The molecule has 1 aromatic carbocycles. The lowest BCUT2D eigenvalue weighted by Gasteiger charge is -2.06. The summed E-state index contributed by atoms with van der Waals surface area (Å²) in [4.78, 5) is 4.38. The Labute approximate surface area is 120 Å². The van der Waals surface area contributed by atoms with Crippen LogP contribution in [0.25, 0.3) is 16.6 Å². The first-order valence-corrected chi connectivity index (χ1v) is 6.79. The molecule has 0 aliphatic rings. The highest BCUT2D eigenvalue weighted by Crippen LogP contribution is 2.28. The highest BCUT2D eigenvalue weighted by molar-refractivity contribution is 9.11. The molecule has 0 atom stereocenters. The number of aromatic nitrogens is 3. The van der Waals surface area contributed by atoms with Gasteiger partial charge in [0.05, 0.1) is 4.47 Å². The van der Waals surface area contributed by atoms with Crippen LogP contribution < -0.4 is 5.73 Å². The number of halogens is 2. The standard InChI is InChI=1S/C12H8Br2N4/c13-9-3-1-2-8-7(9)4-5-16-12(8)18-6-10(14)11(15)17-18/h1-6H,(H2,15,17). The molecule has 3 rings (SSSR count). The quantitative estimate of drug-likeness (QED) is 0.715. The zero-order valence-corrected chi connectivity index (χ0v) is 12.3. The average Bonchev–Trinajstić information content (AvgIpc) is 2.69. The summed E-state index contributed by atoms with van der Waals surface area (Å²) in [6.07, 6.45) is 3.56. The van der Waals surface area contributed by atoms with Crippen molar-refractivity contribution in [1.29, 1.82) is 0 Å². The number of fused-ring (bicyclic) bond motifs is 1.